The van der Waals surface area contributed by atoms with E-state index in [-0.39, 0.29) is 5.92 Å². The van der Waals surface area contributed by atoms with Gasteiger partial charge in [0.25, 0.3) is 0 Å². The van der Waals surface area contributed by atoms with E-state index in [4.69, 9.17) is 0 Å². The van der Waals surface area contributed by atoms with Crippen molar-refractivity contribution in [3.8, 4) is 0 Å². The molecule has 1 saturated heterocycles. The van der Waals surface area contributed by atoms with Gasteiger partial charge in [0.15, 0.2) is 0 Å². The Morgan fingerprint density at radius 3 is 2.43 bits per heavy atom. The molecule has 4 heteroatoms. The van der Waals surface area contributed by atoms with E-state index in [1.54, 1.807) is 12.1 Å². The number of nitrogens with one attached hydrogen (secondary N) is 1. The zero-order chi connectivity index (χ0) is 14.9. The topological polar surface area (TPSA) is 12.0 Å². The number of rotatable bonds is 2. The summed E-state index contributed by atoms with van der Waals surface area (Å²) in [5.41, 5.74) is 0.0864. The first kappa shape index (κ1) is 14.9. The fraction of sp³-hybridized carbons (Fsp3) is 0.647. The predicted molar refractivity (Wildman–Crippen MR) is 77.1 cm³/mol. The minimum atomic E-state index is -4.25. The van der Waals surface area contributed by atoms with Crippen LogP contribution in [0.25, 0.3) is 0 Å². The van der Waals surface area contributed by atoms with Crippen molar-refractivity contribution < 1.29 is 13.2 Å². The minimum absolute atomic E-state index is 0.0483. The minimum Gasteiger partial charge on any atom is -0.316 e. The van der Waals surface area contributed by atoms with Gasteiger partial charge in [-0.25, -0.2) is 0 Å². The average molecular weight is 297 g/mol. The molecule has 1 aromatic rings. The van der Waals surface area contributed by atoms with E-state index in [1.165, 1.54) is 37.8 Å². The highest BCUT2D eigenvalue weighted by atomic mass is 19.4. The lowest BCUT2D eigenvalue weighted by atomic mass is 9.72. The third kappa shape index (κ3) is 3.10. The van der Waals surface area contributed by atoms with Crippen molar-refractivity contribution in [1.82, 2.24) is 5.32 Å². The molecule has 116 valence electrons. The molecule has 1 nitrogen and oxygen atoms in total. The van der Waals surface area contributed by atoms with Crippen LogP contribution in [0.5, 0.6) is 0 Å². The average Bonchev–Trinajstić information content (AvgIpc) is 3.00. The number of benzene rings is 1. The van der Waals surface area contributed by atoms with Gasteiger partial charge in [-0.15, -0.1) is 0 Å². The molecule has 1 heterocycles. The molecule has 2 fully saturated rings. The largest absolute Gasteiger partial charge is 0.416 e. The van der Waals surface area contributed by atoms with E-state index in [9.17, 15) is 13.2 Å². The summed E-state index contributed by atoms with van der Waals surface area (Å²) in [6.45, 7) is 1.68. The Morgan fingerprint density at radius 1 is 1.00 bits per heavy atom. The molecule has 0 aromatic heterocycles. The van der Waals surface area contributed by atoms with Gasteiger partial charge in [-0.2, -0.15) is 13.2 Å². The molecule has 3 rings (SSSR count). The van der Waals surface area contributed by atoms with Crippen molar-refractivity contribution in [3.63, 3.8) is 0 Å². The van der Waals surface area contributed by atoms with Gasteiger partial charge < -0.3 is 5.32 Å². The number of hydrogen-bond donors (Lipinski definition) is 1. The summed E-state index contributed by atoms with van der Waals surface area (Å²) in [5.74, 6) is 0.987. The molecule has 0 radical (unpaired) electrons. The lowest BCUT2D eigenvalue weighted by molar-refractivity contribution is -0.138. The Kier molecular flexibility index (Phi) is 4.25. The van der Waals surface area contributed by atoms with E-state index in [2.05, 4.69) is 5.32 Å². The summed E-state index contributed by atoms with van der Waals surface area (Å²) in [7, 11) is 0. The van der Waals surface area contributed by atoms with E-state index in [0.717, 1.165) is 19.5 Å². The van der Waals surface area contributed by atoms with Crippen molar-refractivity contribution in [2.75, 3.05) is 13.1 Å². The standard InChI is InChI=1S/C17H22F3N/c18-17(19,20)16-8-4-3-7-14(16)13-9-10-21-11-15(13)12-5-1-2-6-12/h3-4,7-8,12-13,15,21H,1-2,5-6,9-11H2. The second kappa shape index (κ2) is 5.99. The molecule has 1 aliphatic heterocycles. The predicted octanol–water partition coefficient (Wildman–Crippen LogP) is 4.59. The Morgan fingerprint density at radius 2 is 1.71 bits per heavy atom. The van der Waals surface area contributed by atoms with Crippen LogP contribution in [-0.2, 0) is 6.18 Å². The van der Waals surface area contributed by atoms with Crippen molar-refractivity contribution in [3.05, 3.63) is 35.4 Å². The molecular weight excluding hydrogens is 275 g/mol. The fourth-order valence-electron chi connectivity index (χ4n) is 4.23. The van der Waals surface area contributed by atoms with E-state index in [1.807, 2.05) is 0 Å². The van der Waals surface area contributed by atoms with Gasteiger partial charge in [0, 0.05) is 0 Å². The number of hydrogen-bond acceptors (Lipinski definition) is 1. The molecule has 0 amide bonds. The summed E-state index contributed by atoms with van der Waals surface area (Å²) in [5, 5.41) is 3.39. The van der Waals surface area contributed by atoms with Gasteiger partial charge in [0.1, 0.15) is 0 Å². The Hall–Kier alpha value is -1.03. The van der Waals surface area contributed by atoms with Crippen molar-refractivity contribution >= 4 is 0 Å². The van der Waals surface area contributed by atoms with Crippen LogP contribution in [-0.4, -0.2) is 13.1 Å². The second-order valence-corrected chi connectivity index (χ2v) is 6.39. The first-order valence-electron chi connectivity index (χ1n) is 7.94. The number of halogens is 3. The van der Waals surface area contributed by atoms with Crippen LogP contribution in [0.15, 0.2) is 24.3 Å². The SMILES string of the molecule is FC(F)(F)c1ccccc1C1CCNCC1C1CCCC1. The van der Waals surface area contributed by atoms with Crippen molar-refractivity contribution in [2.24, 2.45) is 11.8 Å². The van der Waals surface area contributed by atoms with Crippen LogP contribution >= 0.6 is 0 Å². The molecule has 1 aliphatic carbocycles. The lowest BCUT2D eigenvalue weighted by Crippen LogP contribution is -2.39. The van der Waals surface area contributed by atoms with Crippen molar-refractivity contribution in [1.29, 1.82) is 0 Å². The highest BCUT2D eigenvalue weighted by Gasteiger charge is 2.40. The molecule has 1 N–H and O–H groups in total. The Balaban J connectivity index is 1.93. The molecule has 0 spiro atoms. The molecule has 2 atom stereocenters. The van der Waals surface area contributed by atoms with Gasteiger partial charge in [0.2, 0.25) is 0 Å². The van der Waals surface area contributed by atoms with Gasteiger partial charge in [-0.3, -0.25) is 0 Å². The molecule has 1 aromatic carbocycles. The van der Waals surface area contributed by atoms with Crippen LogP contribution in [0.2, 0.25) is 0 Å². The van der Waals surface area contributed by atoms with Gasteiger partial charge in [-0.05, 0) is 48.9 Å². The molecule has 2 unspecified atom stereocenters. The highest BCUT2D eigenvalue weighted by molar-refractivity contribution is 5.34. The maximum Gasteiger partial charge on any atom is 0.416 e. The normalized spacial score (nSPS) is 28.0. The quantitative estimate of drug-likeness (QED) is 0.842. The third-order valence-electron chi connectivity index (χ3n) is 5.20. The van der Waals surface area contributed by atoms with E-state index in [0.29, 0.717) is 17.4 Å². The monoisotopic (exact) mass is 297 g/mol. The van der Waals surface area contributed by atoms with Crippen LogP contribution < -0.4 is 5.32 Å². The van der Waals surface area contributed by atoms with Crippen LogP contribution in [0.1, 0.15) is 49.1 Å². The van der Waals surface area contributed by atoms with E-state index >= 15 is 0 Å². The maximum atomic E-state index is 13.3. The molecule has 0 bridgehead atoms. The van der Waals surface area contributed by atoms with Crippen LogP contribution in [0.3, 0.4) is 0 Å². The van der Waals surface area contributed by atoms with Crippen LogP contribution in [0, 0.1) is 11.8 Å². The molecule has 1 saturated carbocycles. The summed E-state index contributed by atoms with van der Waals surface area (Å²) in [6, 6.07) is 6.18. The molecular formula is C17H22F3N. The lowest BCUT2D eigenvalue weighted by Gasteiger charge is -2.37. The number of alkyl halides is 3. The van der Waals surface area contributed by atoms with Gasteiger partial charge in [0.05, 0.1) is 5.56 Å². The fourth-order valence-corrected chi connectivity index (χ4v) is 4.23. The second-order valence-electron chi connectivity index (χ2n) is 6.39. The smallest absolute Gasteiger partial charge is 0.316 e. The summed E-state index contributed by atoms with van der Waals surface area (Å²) in [4.78, 5) is 0. The molecule has 2 aliphatic rings. The van der Waals surface area contributed by atoms with Gasteiger partial charge >= 0.3 is 6.18 Å². The van der Waals surface area contributed by atoms with E-state index < -0.39 is 11.7 Å². The molecule has 21 heavy (non-hydrogen) atoms. The van der Waals surface area contributed by atoms with Crippen molar-refractivity contribution in [2.45, 2.75) is 44.2 Å². The zero-order valence-electron chi connectivity index (χ0n) is 12.1. The first-order chi connectivity index (χ1) is 10.1. The highest BCUT2D eigenvalue weighted by Crippen LogP contribution is 2.45. The zero-order valence-corrected chi connectivity index (χ0v) is 12.1. The summed E-state index contributed by atoms with van der Waals surface area (Å²) < 4.78 is 39.9. The van der Waals surface area contributed by atoms with Gasteiger partial charge in [-0.1, -0.05) is 43.9 Å². The Bertz CT molecular complexity index is 477. The Labute approximate surface area is 123 Å². The van der Waals surface area contributed by atoms with Crippen LogP contribution in [0.4, 0.5) is 13.2 Å². The maximum absolute atomic E-state index is 13.3. The summed E-state index contributed by atoms with van der Waals surface area (Å²) >= 11 is 0. The summed E-state index contributed by atoms with van der Waals surface area (Å²) in [6.07, 6.45) is 1.38. The number of piperidine rings is 1. The third-order valence-corrected chi connectivity index (χ3v) is 5.20. The first-order valence-corrected chi connectivity index (χ1v) is 7.94.